The van der Waals surface area contributed by atoms with Gasteiger partial charge in [0.2, 0.25) is 12.7 Å². The van der Waals surface area contributed by atoms with E-state index in [4.69, 9.17) is 21.1 Å². The first-order valence-corrected chi connectivity index (χ1v) is 10.6. The molecule has 3 aromatic rings. The molecule has 1 aliphatic heterocycles. The number of amides is 2. The van der Waals surface area contributed by atoms with Gasteiger partial charge in [0.25, 0.3) is 5.91 Å². The maximum Gasteiger partial charge on any atom is 0.257 e. The summed E-state index contributed by atoms with van der Waals surface area (Å²) < 4.78 is 23.9. The van der Waals surface area contributed by atoms with Crippen LogP contribution < -0.4 is 20.1 Å². The Bertz CT molecular complexity index is 1220. The molecular weight excluding hydrogens is 445 g/mol. The summed E-state index contributed by atoms with van der Waals surface area (Å²) in [7, 11) is 0. The highest BCUT2D eigenvalue weighted by Crippen LogP contribution is 2.39. The van der Waals surface area contributed by atoms with E-state index >= 15 is 0 Å². The van der Waals surface area contributed by atoms with Crippen molar-refractivity contribution in [3.8, 4) is 11.5 Å². The molecule has 2 amide bonds. The molecule has 2 heterocycles. The van der Waals surface area contributed by atoms with Gasteiger partial charge in [-0.15, -0.1) is 11.3 Å². The van der Waals surface area contributed by atoms with Gasteiger partial charge in [0.15, 0.2) is 16.6 Å². The van der Waals surface area contributed by atoms with Gasteiger partial charge in [-0.1, -0.05) is 11.6 Å². The van der Waals surface area contributed by atoms with Crippen molar-refractivity contribution in [1.29, 1.82) is 0 Å². The van der Waals surface area contributed by atoms with Gasteiger partial charge in [-0.3, -0.25) is 14.9 Å². The van der Waals surface area contributed by atoms with Crippen molar-refractivity contribution in [2.45, 2.75) is 18.8 Å². The first-order valence-electron chi connectivity index (χ1n) is 9.44. The van der Waals surface area contributed by atoms with Gasteiger partial charge in [0.05, 0.1) is 16.6 Å². The van der Waals surface area contributed by atoms with Crippen LogP contribution in [0, 0.1) is 5.82 Å². The highest BCUT2D eigenvalue weighted by molar-refractivity contribution is 7.16. The Morgan fingerprint density at radius 1 is 1.13 bits per heavy atom. The van der Waals surface area contributed by atoms with Crippen LogP contribution in [0.2, 0.25) is 5.02 Å². The van der Waals surface area contributed by atoms with Crippen molar-refractivity contribution >= 4 is 45.6 Å². The zero-order valence-electron chi connectivity index (χ0n) is 15.9. The third-order valence-electron chi connectivity index (χ3n) is 5.08. The second-order valence-corrected chi connectivity index (χ2v) is 8.55. The van der Waals surface area contributed by atoms with Crippen LogP contribution in [-0.2, 0) is 11.2 Å². The van der Waals surface area contributed by atoms with Crippen LogP contribution in [0.4, 0.5) is 15.2 Å². The second-order valence-electron chi connectivity index (χ2n) is 7.06. The van der Waals surface area contributed by atoms with E-state index in [1.165, 1.54) is 29.5 Å². The molecule has 1 aromatic heterocycles. The van der Waals surface area contributed by atoms with Gasteiger partial charge < -0.3 is 14.8 Å². The maximum absolute atomic E-state index is 13.3. The molecule has 5 rings (SSSR count). The summed E-state index contributed by atoms with van der Waals surface area (Å²) in [5.74, 6) is -0.461. The van der Waals surface area contributed by atoms with Gasteiger partial charge in [0.1, 0.15) is 5.82 Å². The molecular formula is C21H15ClFN3O4S. The fraction of sp³-hybridized carbons (Fsp3) is 0.190. The Balaban J connectivity index is 1.29. The summed E-state index contributed by atoms with van der Waals surface area (Å²) in [6, 6.07) is 8.96. The monoisotopic (exact) mass is 459 g/mol. The number of thiazole rings is 1. The second kappa shape index (κ2) is 7.82. The maximum atomic E-state index is 13.3. The number of rotatable bonds is 4. The number of carbonyl (C=O) groups excluding carboxylic acids is 2. The summed E-state index contributed by atoms with van der Waals surface area (Å²) in [5.41, 5.74) is 1.48. The number of aromatic nitrogens is 1. The van der Waals surface area contributed by atoms with Crippen molar-refractivity contribution in [1.82, 2.24) is 4.98 Å². The van der Waals surface area contributed by atoms with E-state index in [-0.39, 0.29) is 23.6 Å². The van der Waals surface area contributed by atoms with Gasteiger partial charge in [-0.25, -0.2) is 9.37 Å². The number of nitrogens with zero attached hydrogens (tertiary/aromatic N) is 1. The lowest BCUT2D eigenvalue weighted by atomic mass is 10.1. The molecule has 1 atom stereocenters. The van der Waals surface area contributed by atoms with Crippen molar-refractivity contribution in [2.24, 2.45) is 0 Å². The largest absolute Gasteiger partial charge is 0.454 e. The number of aryl methyl sites for hydroxylation is 1. The topological polar surface area (TPSA) is 89.6 Å². The van der Waals surface area contributed by atoms with Gasteiger partial charge in [-0.05, 0) is 49.2 Å². The number of benzene rings is 2. The molecule has 1 unspecified atom stereocenters. The van der Waals surface area contributed by atoms with E-state index in [0.717, 1.165) is 4.88 Å². The normalized spacial score (nSPS) is 16.1. The molecule has 158 valence electrons. The van der Waals surface area contributed by atoms with Crippen molar-refractivity contribution < 1.29 is 23.5 Å². The molecule has 0 spiro atoms. The lowest BCUT2D eigenvalue weighted by Crippen LogP contribution is -2.20. The van der Waals surface area contributed by atoms with E-state index in [9.17, 15) is 14.0 Å². The van der Waals surface area contributed by atoms with E-state index < -0.39 is 11.7 Å². The summed E-state index contributed by atoms with van der Waals surface area (Å²) in [6.45, 7) is 0.132. The van der Waals surface area contributed by atoms with Crippen LogP contribution >= 0.6 is 22.9 Å². The van der Waals surface area contributed by atoms with Gasteiger partial charge in [-0.2, -0.15) is 0 Å². The predicted molar refractivity (Wildman–Crippen MR) is 114 cm³/mol. The smallest absolute Gasteiger partial charge is 0.257 e. The van der Waals surface area contributed by atoms with E-state index in [2.05, 4.69) is 15.6 Å². The molecule has 0 saturated heterocycles. The number of fused-ring (bicyclic) bond motifs is 2. The fourth-order valence-corrected chi connectivity index (χ4v) is 4.76. The molecule has 2 aromatic carbocycles. The first kappa shape index (κ1) is 19.8. The summed E-state index contributed by atoms with van der Waals surface area (Å²) in [4.78, 5) is 30.8. The Morgan fingerprint density at radius 2 is 1.97 bits per heavy atom. The molecule has 0 fully saturated rings. The minimum absolute atomic E-state index is 0.0629. The number of halogens is 2. The van der Waals surface area contributed by atoms with Crippen LogP contribution in [0.3, 0.4) is 0 Å². The number of hydrogen-bond acceptors (Lipinski definition) is 6. The highest BCUT2D eigenvalue weighted by atomic mass is 35.5. The molecule has 2 aliphatic rings. The minimum atomic E-state index is -0.551. The molecule has 2 N–H and O–H groups in total. The minimum Gasteiger partial charge on any atom is -0.454 e. The van der Waals surface area contributed by atoms with Gasteiger partial charge in [0, 0.05) is 16.1 Å². The average molecular weight is 460 g/mol. The van der Waals surface area contributed by atoms with E-state index in [1.54, 1.807) is 18.2 Å². The summed E-state index contributed by atoms with van der Waals surface area (Å²) in [6.07, 6.45) is 1.31. The number of nitrogens with one attached hydrogen (secondary N) is 2. The molecule has 0 bridgehead atoms. The van der Waals surface area contributed by atoms with Crippen LogP contribution in [-0.4, -0.2) is 23.6 Å². The third-order valence-corrected chi connectivity index (χ3v) is 6.41. The number of hydrogen-bond donors (Lipinski definition) is 2. The van der Waals surface area contributed by atoms with E-state index in [0.29, 0.717) is 46.4 Å². The SMILES string of the molecule is O=C(Nc1nc2c(s1)CCC2C(=O)Nc1ccc(F)c(Cl)c1)c1ccc2c(c1)OCO2. The number of ether oxygens (including phenoxy) is 2. The molecule has 10 heteroatoms. The zero-order chi connectivity index (χ0) is 21.5. The number of carbonyl (C=O) groups is 2. The number of anilines is 2. The Labute approximate surface area is 185 Å². The quantitative estimate of drug-likeness (QED) is 0.596. The van der Waals surface area contributed by atoms with Crippen LogP contribution in [0.15, 0.2) is 36.4 Å². The molecule has 31 heavy (non-hydrogen) atoms. The fourth-order valence-electron chi connectivity index (χ4n) is 3.55. The Kier molecular flexibility index (Phi) is 4.99. The Morgan fingerprint density at radius 3 is 2.81 bits per heavy atom. The summed E-state index contributed by atoms with van der Waals surface area (Å²) in [5, 5.41) is 5.90. The predicted octanol–water partition coefficient (Wildman–Crippen LogP) is 4.59. The van der Waals surface area contributed by atoms with Crippen LogP contribution in [0.1, 0.15) is 33.3 Å². The van der Waals surface area contributed by atoms with Crippen molar-refractivity contribution in [3.63, 3.8) is 0 Å². The standard InChI is InChI=1S/C21H15ClFN3O4S/c22-13-8-11(2-4-14(13)23)24-20(28)12-3-6-17-18(12)25-21(31-17)26-19(27)10-1-5-15-16(7-10)30-9-29-15/h1-2,4-5,7-8,12H,3,6,9H2,(H,24,28)(H,25,26,27). The lowest BCUT2D eigenvalue weighted by Gasteiger charge is -2.11. The summed E-state index contributed by atoms with van der Waals surface area (Å²) >= 11 is 7.13. The van der Waals surface area contributed by atoms with E-state index in [1.807, 2.05) is 0 Å². The third kappa shape index (κ3) is 3.82. The van der Waals surface area contributed by atoms with Gasteiger partial charge >= 0.3 is 0 Å². The zero-order valence-corrected chi connectivity index (χ0v) is 17.5. The van der Waals surface area contributed by atoms with Crippen LogP contribution in [0.5, 0.6) is 11.5 Å². The van der Waals surface area contributed by atoms with Crippen LogP contribution in [0.25, 0.3) is 0 Å². The van der Waals surface area contributed by atoms with Crippen molar-refractivity contribution in [3.05, 3.63) is 63.4 Å². The highest BCUT2D eigenvalue weighted by Gasteiger charge is 2.33. The molecule has 0 saturated carbocycles. The lowest BCUT2D eigenvalue weighted by molar-refractivity contribution is -0.117. The first-order chi connectivity index (χ1) is 15.0. The van der Waals surface area contributed by atoms with Crippen molar-refractivity contribution in [2.75, 3.05) is 17.4 Å². The molecule has 1 aliphatic carbocycles. The molecule has 0 radical (unpaired) electrons. The Hall–Kier alpha value is -3.17. The average Bonchev–Trinajstić information content (AvgIpc) is 3.45. The molecule has 7 nitrogen and oxygen atoms in total.